The van der Waals surface area contributed by atoms with Gasteiger partial charge in [-0.25, -0.2) is 5.84 Å². The predicted molar refractivity (Wildman–Crippen MR) is 62.0 cm³/mol. The molecule has 0 aliphatic carbocycles. The maximum Gasteiger partial charge on any atom is 0.233 e. The average molecular weight is 223 g/mol. The molecule has 14 heavy (non-hydrogen) atoms. The summed E-state index contributed by atoms with van der Waals surface area (Å²) in [5.41, 5.74) is 2.15. The molecule has 0 spiro atoms. The Kier molecular flexibility index (Phi) is 10.7. The molecule has 86 valence electrons. The molecule has 0 aliphatic heterocycles. The van der Waals surface area contributed by atoms with Crippen molar-refractivity contribution in [2.45, 2.75) is 46.5 Å². The van der Waals surface area contributed by atoms with Gasteiger partial charge >= 0.3 is 0 Å². The normalized spacial score (nSPS) is 12.1. The van der Waals surface area contributed by atoms with Gasteiger partial charge in [0.2, 0.25) is 5.91 Å². The van der Waals surface area contributed by atoms with E-state index in [2.05, 4.69) is 26.2 Å². The number of carbonyl (C=O) groups excluding carboxylic acids is 1. The fourth-order valence-electron chi connectivity index (χ4n) is 1.21. The first-order valence-electron chi connectivity index (χ1n) is 5.05. The minimum absolute atomic E-state index is 0. The predicted octanol–water partition coefficient (Wildman–Crippen LogP) is 2.25. The van der Waals surface area contributed by atoms with Crippen LogP contribution >= 0.6 is 12.4 Å². The molecule has 3 nitrogen and oxygen atoms in total. The van der Waals surface area contributed by atoms with Crippen molar-refractivity contribution in [2.24, 2.45) is 17.7 Å². The minimum atomic E-state index is -0.0589. The Morgan fingerprint density at radius 1 is 1.21 bits per heavy atom. The van der Waals surface area contributed by atoms with Crippen LogP contribution in [0.1, 0.15) is 46.5 Å². The first-order valence-corrected chi connectivity index (χ1v) is 5.05. The Morgan fingerprint density at radius 3 is 2.21 bits per heavy atom. The molecule has 0 saturated carbocycles. The van der Waals surface area contributed by atoms with Crippen molar-refractivity contribution < 1.29 is 4.79 Å². The summed E-state index contributed by atoms with van der Waals surface area (Å²) in [5, 5.41) is 0. The van der Waals surface area contributed by atoms with Gasteiger partial charge in [0.25, 0.3) is 0 Å². The van der Waals surface area contributed by atoms with E-state index < -0.39 is 0 Å². The lowest BCUT2D eigenvalue weighted by Crippen LogP contribution is -2.30. The number of carbonyl (C=O) groups is 1. The van der Waals surface area contributed by atoms with Crippen molar-refractivity contribution in [3.8, 4) is 0 Å². The summed E-state index contributed by atoms with van der Waals surface area (Å²) in [7, 11) is 0. The lowest BCUT2D eigenvalue weighted by Gasteiger charge is -2.11. The van der Waals surface area contributed by atoms with E-state index in [1.165, 1.54) is 12.8 Å². The van der Waals surface area contributed by atoms with Crippen LogP contribution in [-0.2, 0) is 4.79 Å². The van der Waals surface area contributed by atoms with E-state index in [-0.39, 0.29) is 18.3 Å². The third kappa shape index (κ3) is 9.81. The van der Waals surface area contributed by atoms with Gasteiger partial charge in [-0.2, -0.15) is 0 Å². The third-order valence-corrected chi connectivity index (χ3v) is 2.26. The molecule has 4 heteroatoms. The van der Waals surface area contributed by atoms with Gasteiger partial charge < -0.3 is 0 Å². The van der Waals surface area contributed by atoms with Crippen molar-refractivity contribution in [3.05, 3.63) is 0 Å². The van der Waals surface area contributed by atoms with E-state index in [1.54, 1.807) is 0 Å². The average Bonchev–Trinajstić information content (AvgIpc) is 2.10. The number of hydrogen-bond acceptors (Lipinski definition) is 2. The molecule has 3 N–H and O–H groups in total. The fraction of sp³-hybridized carbons (Fsp3) is 0.900. The Morgan fingerprint density at radius 2 is 1.79 bits per heavy atom. The molecule has 0 aromatic rings. The molecule has 1 atom stereocenters. The van der Waals surface area contributed by atoms with Crippen LogP contribution in [0.5, 0.6) is 0 Å². The smallest absolute Gasteiger partial charge is 0.233 e. The second-order valence-corrected chi connectivity index (χ2v) is 4.18. The van der Waals surface area contributed by atoms with E-state index >= 15 is 0 Å². The SMILES string of the molecule is CC(C)CCC(C)CCC(=O)NN.Cl. The Hall–Kier alpha value is -0.280. The van der Waals surface area contributed by atoms with E-state index in [0.29, 0.717) is 12.3 Å². The maximum absolute atomic E-state index is 10.8. The Labute approximate surface area is 93.2 Å². The molecule has 0 heterocycles. The van der Waals surface area contributed by atoms with Gasteiger partial charge in [-0.15, -0.1) is 12.4 Å². The minimum Gasteiger partial charge on any atom is -0.294 e. The topological polar surface area (TPSA) is 55.1 Å². The van der Waals surface area contributed by atoms with Crippen LogP contribution in [0, 0.1) is 11.8 Å². The van der Waals surface area contributed by atoms with Crippen molar-refractivity contribution in [2.75, 3.05) is 0 Å². The van der Waals surface area contributed by atoms with Gasteiger partial charge in [-0.05, 0) is 18.3 Å². The van der Waals surface area contributed by atoms with Gasteiger partial charge in [0.05, 0.1) is 0 Å². The zero-order valence-corrected chi connectivity index (χ0v) is 10.2. The van der Waals surface area contributed by atoms with Crippen LogP contribution in [0.25, 0.3) is 0 Å². The van der Waals surface area contributed by atoms with Crippen LogP contribution in [0.2, 0.25) is 0 Å². The number of halogens is 1. The first-order chi connectivity index (χ1) is 6.06. The Balaban J connectivity index is 0. The number of amides is 1. The fourth-order valence-corrected chi connectivity index (χ4v) is 1.21. The highest BCUT2D eigenvalue weighted by atomic mass is 35.5. The molecule has 0 radical (unpaired) electrons. The zero-order chi connectivity index (χ0) is 10.3. The van der Waals surface area contributed by atoms with Gasteiger partial charge in [0.1, 0.15) is 0 Å². The molecule has 1 amide bonds. The third-order valence-electron chi connectivity index (χ3n) is 2.26. The lowest BCUT2D eigenvalue weighted by atomic mass is 9.95. The zero-order valence-electron chi connectivity index (χ0n) is 9.38. The van der Waals surface area contributed by atoms with Gasteiger partial charge in [-0.1, -0.05) is 33.6 Å². The van der Waals surface area contributed by atoms with Crippen molar-refractivity contribution in [1.82, 2.24) is 5.43 Å². The van der Waals surface area contributed by atoms with Crippen LogP contribution in [-0.4, -0.2) is 5.91 Å². The van der Waals surface area contributed by atoms with E-state index in [9.17, 15) is 4.79 Å². The second kappa shape index (κ2) is 9.28. The summed E-state index contributed by atoms with van der Waals surface area (Å²) in [6, 6.07) is 0. The molecule has 0 aliphatic rings. The highest BCUT2D eigenvalue weighted by Gasteiger charge is 2.06. The summed E-state index contributed by atoms with van der Waals surface area (Å²) in [6.45, 7) is 6.63. The molecule has 0 aromatic carbocycles. The quantitative estimate of drug-likeness (QED) is 0.412. The van der Waals surface area contributed by atoms with Gasteiger partial charge in [0.15, 0.2) is 0 Å². The first kappa shape index (κ1) is 16.2. The second-order valence-electron chi connectivity index (χ2n) is 4.18. The van der Waals surface area contributed by atoms with Crippen LogP contribution in [0.4, 0.5) is 0 Å². The monoisotopic (exact) mass is 222 g/mol. The summed E-state index contributed by atoms with van der Waals surface area (Å²) >= 11 is 0. The molecular weight excluding hydrogens is 200 g/mol. The molecule has 1 unspecified atom stereocenters. The molecule has 0 saturated heterocycles. The number of nitrogens with one attached hydrogen (secondary N) is 1. The van der Waals surface area contributed by atoms with Crippen molar-refractivity contribution in [1.29, 1.82) is 0 Å². The maximum atomic E-state index is 10.8. The van der Waals surface area contributed by atoms with Gasteiger partial charge in [0, 0.05) is 6.42 Å². The van der Waals surface area contributed by atoms with E-state index in [1.807, 2.05) is 0 Å². The summed E-state index contributed by atoms with van der Waals surface area (Å²) in [6.07, 6.45) is 3.94. The standard InChI is InChI=1S/C10H22N2O.ClH/c1-8(2)4-5-9(3)6-7-10(13)12-11;/h8-9H,4-7,11H2,1-3H3,(H,12,13);1H. The van der Waals surface area contributed by atoms with Crippen LogP contribution in [0.3, 0.4) is 0 Å². The largest absolute Gasteiger partial charge is 0.294 e. The van der Waals surface area contributed by atoms with E-state index in [0.717, 1.165) is 12.3 Å². The highest BCUT2D eigenvalue weighted by Crippen LogP contribution is 2.15. The summed E-state index contributed by atoms with van der Waals surface area (Å²) < 4.78 is 0. The lowest BCUT2D eigenvalue weighted by molar-refractivity contribution is -0.121. The molecular formula is C10H23ClN2O. The molecule has 0 aromatic heterocycles. The van der Waals surface area contributed by atoms with E-state index in [4.69, 9.17) is 5.84 Å². The van der Waals surface area contributed by atoms with Crippen LogP contribution < -0.4 is 11.3 Å². The number of rotatable bonds is 6. The molecule has 0 bridgehead atoms. The Bertz CT molecular complexity index is 151. The van der Waals surface area contributed by atoms with Crippen molar-refractivity contribution >= 4 is 18.3 Å². The van der Waals surface area contributed by atoms with Crippen LogP contribution in [0.15, 0.2) is 0 Å². The summed E-state index contributed by atoms with van der Waals surface area (Å²) in [5.74, 6) is 6.30. The van der Waals surface area contributed by atoms with Crippen molar-refractivity contribution in [3.63, 3.8) is 0 Å². The van der Waals surface area contributed by atoms with Gasteiger partial charge in [-0.3, -0.25) is 10.2 Å². The molecule has 0 rings (SSSR count). The summed E-state index contributed by atoms with van der Waals surface area (Å²) in [4.78, 5) is 10.8. The molecule has 0 fully saturated rings. The highest BCUT2D eigenvalue weighted by molar-refractivity contribution is 5.85. The number of hydrogen-bond donors (Lipinski definition) is 2. The number of hydrazine groups is 1. The number of nitrogens with two attached hydrogens (primary N) is 1.